The third-order valence-electron chi connectivity index (χ3n) is 15.2. The highest BCUT2D eigenvalue weighted by atomic mass is 32.1. The van der Waals surface area contributed by atoms with Crippen LogP contribution in [0, 0.1) is 0 Å². The van der Waals surface area contributed by atoms with Crippen LogP contribution < -0.4 is 4.90 Å². The highest BCUT2D eigenvalue weighted by molar-refractivity contribution is 7.25. The van der Waals surface area contributed by atoms with Crippen LogP contribution in [0.25, 0.3) is 92.2 Å². The van der Waals surface area contributed by atoms with Crippen LogP contribution in [-0.2, 0) is 5.41 Å². The Morgan fingerprint density at radius 1 is 0.314 bits per heavy atom. The Morgan fingerprint density at radius 2 is 0.843 bits per heavy atom. The number of fused-ring (bicyclic) bond motifs is 15. The minimum absolute atomic E-state index is 0.432. The molecule has 1 spiro atoms. The molecule has 2 aromatic heterocycles. The van der Waals surface area contributed by atoms with Crippen LogP contribution in [0.15, 0.2) is 255 Å². The summed E-state index contributed by atoms with van der Waals surface area (Å²) in [7, 11) is 0. The minimum Gasteiger partial charge on any atom is -0.310 e. The normalized spacial score (nSPS) is 13.0. The topological polar surface area (TPSA) is 8.17 Å². The van der Waals surface area contributed by atoms with Gasteiger partial charge in [-0.05, 0) is 133 Å². The molecule has 0 atom stereocenters. The standard InChI is InChI=1S/C67H42N2S/c1-2-14-43(15-3-1)44-28-34-49(35-29-44)68(50-36-30-45(31-37-50)48-32-38-55-54-20-6-11-27-64(54)70-65(55)42-48)51-17-12-16-46(40-51)47-33-39-62-57(41-47)56-21-13-25-61-66(56)69(62)63-26-10-9-24-60(63)67(61)58-22-7-4-18-52(58)53-19-5-8-23-59(53)67/h1-42H. The van der Waals surface area contributed by atoms with Gasteiger partial charge >= 0.3 is 0 Å². The molecule has 3 heterocycles. The highest BCUT2D eigenvalue weighted by Crippen LogP contribution is 2.61. The number of para-hydroxylation sites is 2. The van der Waals surface area contributed by atoms with E-state index in [-0.39, 0.29) is 0 Å². The van der Waals surface area contributed by atoms with Crippen molar-refractivity contribution in [1.29, 1.82) is 0 Å². The van der Waals surface area contributed by atoms with Crippen molar-refractivity contribution in [2.45, 2.75) is 5.41 Å². The molecule has 0 fully saturated rings. The first-order chi connectivity index (χ1) is 34.7. The first kappa shape index (κ1) is 39.3. The Balaban J connectivity index is 0.864. The van der Waals surface area contributed by atoms with E-state index >= 15 is 0 Å². The van der Waals surface area contributed by atoms with Crippen molar-refractivity contribution in [3.05, 3.63) is 277 Å². The summed E-state index contributed by atoms with van der Waals surface area (Å²) < 4.78 is 5.18. The predicted octanol–water partition coefficient (Wildman–Crippen LogP) is 18.3. The first-order valence-corrected chi connectivity index (χ1v) is 25.0. The van der Waals surface area contributed by atoms with E-state index in [4.69, 9.17) is 0 Å². The molecule has 326 valence electrons. The predicted molar refractivity (Wildman–Crippen MR) is 296 cm³/mol. The highest BCUT2D eigenvalue weighted by Gasteiger charge is 2.50. The van der Waals surface area contributed by atoms with Gasteiger partial charge in [0.05, 0.1) is 22.1 Å². The molecule has 0 saturated carbocycles. The molecule has 1 aliphatic carbocycles. The quantitative estimate of drug-likeness (QED) is 0.161. The van der Waals surface area contributed by atoms with Crippen LogP contribution in [0.1, 0.15) is 22.3 Å². The fourth-order valence-corrected chi connectivity index (χ4v) is 13.3. The smallest absolute Gasteiger partial charge is 0.0754 e. The number of benzene rings is 11. The number of hydrogen-bond acceptors (Lipinski definition) is 2. The van der Waals surface area contributed by atoms with Gasteiger partial charge in [0.2, 0.25) is 0 Å². The van der Waals surface area contributed by atoms with Crippen LogP contribution in [0.4, 0.5) is 17.1 Å². The van der Waals surface area contributed by atoms with E-state index in [9.17, 15) is 0 Å². The van der Waals surface area contributed by atoms with Crippen molar-refractivity contribution in [2.75, 3.05) is 4.90 Å². The first-order valence-electron chi connectivity index (χ1n) is 24.2. The summed E-state index contributed by atoms with van der Waals surface area (Å²) in [4.78, 5) is 2.39. The van der Waals surface area contributed by atoms with E-state index in [0.717, 1.165) is 17.1 Å². The Hall–Kier alpha value is -8.76. The zero-order chi connectivity index (χ0) is 45.9. The van der Waals surface area contributed by atoms with Crippen LogP contribution in [-0.4, -0.2) is 4.57 Å². The van der Waals surface area contributed by atoms with E-state index in [0.29, 0.717) is 0 Å². The van der Waals surface area contributed by atoms with Crippen LogP contribution in [0.3, 0.4) is 0 Å². The van der Waals surface area contributed by atoms with Gasteiger partial charge in [0, 0.05) is 48.0 Å². The summed E-state index contributed by atoms with van der Waals surface area (Å²) in [6.45, 7) is 0. The van der Waals surface area contributed by atoms with Gasteiger partial charge in [0.15, 0.2) is 0 Å². The minimum atomic E-state index is -0.432. The molecule has 0 N–H and O–H groups in total. The maximum atomic E-state index is 2.54. The molecule has 70 heavy (non-hydrogen) atoms. The largest absolute Gasteiger partial charge is 0.310 e. The number of thiophene rings is 1. The van der Waals surface area contributed by atoms with Gasteiger partial charge < -0.3 is 9.47 Å². The Morgan fingerprint density at radius 3 is 1.61 bits per heavy atom. The van der Waals surface area contributed by atoms with Crippen molar-refractivity contribution in [2.24, 2.45) is 0 Å². The maximum Gasteiger partial charge on any atom is 0.0754 e. The van der Waals surface area contributed by atoms with E-state index in [1.807, 2.05) is 11.3 Å². The van der Waals surface area contributed by atoms with E-state index < -0.39 is 5.41 Å². The van der Waals surface area contributed by atoms with Gasteiger partial charge in [-0.15, -0.1) is 11.3 Å². The average Bonchev–Trinajstić information content (AvgIpc) is 4.08. The number of rotatable bonds is 6. The van der Waals surface area contributed by atoms with Crippen LogP contribution >= 0.6 is 11.3 Å². The monoisotopic (exact) mass is 906 g/mol. The third kappa shape index (κ3) is 5.61. The van der Waals surface area contributed by atoms with Gasteiger partial charge in [0.1, 0.15) is 0 Å². The second-order valence-corrected chi connectivity index (χ2v) is 19.9. The molecule has 2 nitrogen and oxygen atoms in total. The summed E-state index contributed by atoms with van der Waals surface area (Å²) in [6, 6.07) is 94.7. The average molecular weight is 907 g/mol. The van der Waals surface area contributed by atoms with Crippen molar-refractivity contribution >= 4 is 70.4 Å². The molecule has 2 aliphatic rings. The zero-order valence-corrected chi connectivity index (χ0v) is 38.9. The van der Waals surface area contributed by atoms with Crippen molar-refractivity contribution < 1.29 is 0 Å². The molecule has 0 bridgehead atoms. The molecule has 0 radical (unpaired) electrons. The van der Waals surface area contributed by atoms with Crippen molar-refractivity contribution in [3.8, 4) is 50.2 Å². The Labute approximate surface area is 410 Å². The van der Waals surface area contributed by atoms with E-state index in [1.165, 1.54) is 114 Å². The molecule has 15 rings (SSSR count). The van der Waals surface area contributed by atoms with Crippen LogP contribution in [0.5, 0.6) is 0 Å². The molecule has 11 aromatic carbocycles. The molecule has 0 amide bonds. The lowest BCUT2D eigenvalue weighted by Crippen LogP contribution is -2.33. The van der Waals surface area contributed by atoms with E-state index in [1.54, 1.807) is 0 Å². The van der Waals surface area contributed by atoms with Crippen molar-refractivity contribution in [1.82, 2.24) is 4.57 Å². The lowest BCUT2D eigenvalue weighted by atomic mass is 9.65. The van der Waals surface area contributed by atoms with Crippen LogP contribution in [0.2, 0.25) is 0 Å². The lowest BCUT2D eigenvalue weighted by Gasteiger charge is -2.39. The fraction of sp³-hybridized carbons (Fsp3) is 0.0149. The zero-order valence-electron chi connectivity index (χ0n) is 38.1. The third-order valence-corrected chi connectivity index (χ3v) is 16.3. The molecule has 3 heteroatoms. The Kier molecular flexibility index (Phi) is 8.48. The fourth-order valence-electron chi connectivity index (χ4n) is 12.2. The van der Waals surface area contributed by atoms with Gasteiger partial charge in [-0.3, -0.25) is 0 Å². The second kappa shape index (κ2) is 15.1. The molecule has 0 saturated heterocycles. The SMILES string of the molecule is c1ccc(-c2ccc(N(c3ccc(-c4ccc5c(c4)sc4ccccc45)cc3)c3cccc(-c4ccc5c(c4)c4cccc6c4n5-c4ccccc4C64c5ccccc5-c5ccccc54)c3)cc2)cc1. The molecular formula is C67H42N2S. The molecule has 1 aliphatic heterocycles. The number of aromatic nitrogens is 1. The van der Waals surface area contributed by atoms with E-state index in [2.05, 4.69) is 264 Å². The maximum absolute atomic E-state index is 2.54. The second-order valence-electron chi connectivity index (χ2n) is 18.8. The summed E-state index contributed by atoms with van der Waals surface area (Å²) >= 11 is 1.87. The van der Waals surface area contributed by atoms with Gasteiger partial charge in [0.25, 0.3) is 0 Å². The summed E-state index contributed by atoms with van der Waals surface area (Å²) in [5.74, 6) is 0. The van der Waals surface area contributed by atoms with Crippen molar-refractivity contribution in [3.63, 3.8) is 0 Å². The Bertz CT molecular complexity index is 4190. The molecule has 13 aromatic rings. The number of anilines is 3. The summed E-state index contributed by atoms with van der Waals surface area (Å²) in [6.07, 6.45) is 0. The molecular weight excluding hydrogens is 865 g/mol. The number of hydrogen-bond donors (Lipinski definition) is 0. The van der Waals surface area contributed by atoms with Gasteiger partial charge in [-0.25, -0.2) is 0 Å². The lowest BCUT2D eigenvalue weighted by molar-refractivity contribution is 0.748. The number of nitrogens with zero attached hydrogens (tertiary/aromatic N) is 2. The molecule has 0 unspecified atom stereocenters. The summed E-state index contributed by atoms with van der Waals surface area (Å²) in [5.41, 5.74) is 21.8. The van der Waals surface area contributed by atoms with Gasteiger partial charge in [-0.2, -0.15) is 0 Å². The van der Waals surface area contributed by atoms with Gasteiger partial charge in [-0.1, -0.05) is 188 Å². The summed E-state index contributed by atoms with van der Waals surface area (Å²) in [5, 5.41) is 5.17.